The summed E-state index contributed by atoms with van der Waals surface area (Å²) >= 11 is 1.68. The Hall–Kier alpha value is -3.77. The first-order valence-corrected chi connectivity index (χ1v) is 10.8. The molecule has 2 heterocycles. The quantitative estimate of drug-likeness (QED) is 0.405. The highest BCUT2D eigenvalue weighted by atomic mass is 32.1. The van der Waals surface area contributed by atoms with Gasteiger partial charge >= 0.3 is 0 Å². The highest BCUT2D eigenvalue weighted by Gasteiger charge is 2.10. The minimum atomic E-state index is -0.266. The summed E-state index contributed by atoms with van der Waals surface area (Å²) in [6, 6.07) is 21.1. The molecule has 2 aromatic carbocycles. The number of nitrogens with one attached hydrogen (secondary N) is 2. The molecule has 6 heteroatoms. The van der Waals surface area contributed by atoms with Crippen molar-refractivity contribution in [3.05, 3.63) is 95.3 Å². The molecule has 0 spiro atoms. The van der Waals surface area contributed by atoms with E-state index in [9.17, 15) is 9.59 Å². The number of benzene rings is 2. The Morgan fingerprint density at radius 2 is 1.90 bits per heavy atom. The topological polar surface area (TPSA) is 71.1 Å². The summed E-state index contributed by atoms with van der Waals surface area (Å²) in [6.45, 7) is 4.07. The fourth-order valence-electron chi connectivity index (χ4n) is 3.29. The summed E-state index contributed by atoms with van der Waals surface area (Å²) in [6.07, 6.45) is 2.04. The Morgan fingerprint density at radius 1 is 1.03 bits per heavy atom. The van der Waals surface area contributed by atoms with Gasteiger partial charge in [0.1, 0.15) is 5.69 Å². The maximum absolute atomic E-state index is 12.6. The third-order valence-corrected chi connectivity index (χ3v) is 5.78. The number of amides is 2. The van der Waals surface area contributed by atoms with Crippen molar-refractivity contribution in [1.29, 1.82) is 0 Å². The lowest BCUT2D eigenvalue weighted by atomic mass is 10.0. The van der Waals surface area contributed by atoms with Crippen LogP contribution >= 0.6 is 11.3 Å². The molecule has 0 unspecified atom stereocenters. The van der Waals surface area contributed by atoms with E-state index >= 15 is 0 Å². The fourth-order valence-corrected chi connectivity index (χ4v) is 4.00. The van der Waals surface area contributed by atoms with Gasteiger partial charge in [-0.3, -0.25) is 9.59 Å². The molecule has 31 heavy (non-hydrogen) atoms. The number of anilines is 1. The molecule has 0 atom stereocenters. The zero-order valence-corrected chi connectivity index (χ0v) is 17.6. The molecular weight excluding hydrogens is 406 g/mol. The predicted octanol–water partition coefficient (Wildman–Crippen LogP) is 5.06. The Morgan fingerprint density at radius 3 is 2.71 bits per heavy atom. The molecule has 154 valence electrons. The lowest BCUT2D eigenvalue weighted by molar-refractivity contribution is -0.111. The van der Waals surface area contributed by atoms with E-state index in [2.05, 4.69) is 28.3 Å². The predicted molar refractivity (Wildman–Crippen MR) is 126 cm³/mol. The van der Waals surface area contributed by atoms with Crippen molar-refractivity contribution in [2.24, 2.45) is 0 Å². The lowest BCUT2D eigenvalue weighted by Gasteiger charge is -2.10. The van der Waals surface area contributed by atoms with Crippen LogP contribution in [0.2, 0.25) is 0 Å². The number of carbonyl (C=O) groups is 2. The molecule has 2 amide bonds. The Bertz CT molecular complexity index is 1250. The number of nitrogens with zero attached hydrogens (tertiary/aromatic N) is 1. The van der Waals surface area contributed by atoms with Crippen LogP contribution in [0.1, 0.15) is 15.4 Å². The average Bonchev–Trinajstić information content (AvgIpc) is 3.32. The second kappa shape index (κ2) is 9.36. The van der Waals surface area contributed by atoms with E-state index in [0.717, 1.165) is 22.8 Å². The summed E-state index contributed by atoms with van der Waals surface area (Å²) in [4.78, 5) is 30.1. The highest BCUT2D eigenvalue weighted by Crippen LogP contribution is 2.28. The molecule has 2 aromatic heterocycles. The second-order valence-electron chi connectivity index (χ2n) is 6.93. The first-order valence-electron chi connectivity index (χ1n) is 9.88. The van der Waals surface area contributed by atoms with Crippen molar-refractivity contribution in [1.82, 2.24) is 10.3 Å². The fraction of sp³-hybridized carbons (Fsp3) is 0.0800. The van der Waals surface area contributed by atoms with Gasteiger partial charge in [0.25, 0.3) is 5.91 Å². The van der Waals surface area contributed by atoms with E-state index in [0.29, 0.717) is 23.6 Å². The number of pyridine rings is 1. The zero-order valence-electron chi connectivity index (χ0n) is 16.8. The van der Waals surface area contributed by atoms with E-state index in [1.165, 1.54) is 11.0 Å². The number of hydrogen-bond donors (Lipinski definition) is 2. The Kier molecular flexibility index (Phi) is 6.19. The normalized spacial score (nSPS) is 10.6. The van der Waals surface area contributed by atoms with Crippen molar-refractivity contribution in [2.45, 2.75) is 6.42 Å². The van der Waals surface area contributed by atoms with Gasteiger partial charge in [0.15, 0.2) is 0 Å². The zero-order chi connectivity index (χ0) is 21.6. The third kappa shape index (κ3) is 4.87. The molecule has 4 aromatic rings. The van der Waals surface area contributed by atoms with Crippen LogP contribution in [-0.2, 0) is 11.2 Å². The molecular formula is C25H21N3O2S. The molecule has 2 N–H and O–H groups in total. The minimum Gasteiger partial charge on any atom is -0.350 e. The molecule has 0 saturated carbocycles. The monoisotopic (exact) mass is 427 g/mol. The van der Waals surface area contributed by atoms with Crippen LogP contribution in [-0.4, -0.2) is 23.3 Å². The van der Waals surface area contributed by atoms with Gasteiger partial charge in [-0.1, -0.05) is 43.0 Å². The van der Waals surface area contributed by atoms with Crippen LogP contribution in [0.4, 0.5) is 5.69 Å². The molecule has 0 bridgehead atoms. The van der Waals surface area contributed by atoms with Crippen LogP contribution in [0.3, 0.4) is 0 Å². The smallest absolute Gasteiger partial charge is 0.269 e. The molecule has 0 fully saturated rings. The first kappa shape index (κ1) is 20.5. The summed E-state index contributed by atoms with van der Waals surface area (Å²) in [5.41, 5.74) is 2.63. The maximum Gasteiger partial charge on any atom is 0.269 e. The molecule has 5 nitrogen and oxygen atoms in total. The number of rotatable bonds is 7. The number of thiophene rings is 1. The highest BCUT2D eigenvalue weighted by molar-refractivity contribution is 7.09. The van der Waals surface area contributed by atoms with E-state index in [1.807, 2.05) is 60.0 Å². The lowest BCUT2D eigenvalue weighted by Crippen LogP contribution is -2.26. The summed E-state index contributed by atoms with van der Waals surface area (Å²) < 4.78 is 0. The summed E-state index contributed by atoms with van der Waals surface area (Å²) in [7, 11) is 0. The number of carbonyl (C=O) groups excluding carboxylic acids is 2. The SMILES string of the molecule is C=CC(=O)Nc1cccc2ccc(-c3cccc(C(=O)NCCc4cccs4)n3)cc12. The Balaban J connectivity index is 1.56. The standard InChI is InChI=1S/C25H21N3O2S/c1-2-24(29)28-22-9-3-6-17-11-12-18(16-20(17)22)21-8-4-10-23(27-21)25(30)26-14-13-19-7-5-15-31-19/h2-12,15-16H,1,13-14H2,(H,26,30)(H,28,29). The van der Waals surface area contributed by atoms with E-state index < -0.39 is 0 Å². The summed E-state index contributed by atoms with van der Waals surface area (Å²) in [5.74, 6) is -0.463. The number of aromatic nitrogens is 1. The molecule has 0 aliphatic heterocycles. The average molecular weight is 428 g/mol. The largest absolute Gasteiger partial charge is 0.350 e. The van der Waals surface area contributed by atoms with Crippen molar-refractivity contribution in [2.75, 3.05) is 11.9 Å². The first-order chi connectivity index (χ1) is 15.1. The Labute approximate surface area is 184 Å². The second-order valence-corrected chi connectivity index (χ2v) is 7.96. The van der Waals surface area contributed by atoms with Crippen LogP contribution in [0, 0.1) is 0 Å². The van der Waals surface area contributed by atoms with Crippen molar-refractivity contribution in [3.63, 3.8) is 0 Å². The van der Waals surface area contributed by atoms with E-state index in [4.69, 9.17) is 0 Å². The van der Waals surface area contributed by atoms with E-state index in [1.54, 1.807) is 17.4 Å². The minimum absolute atomic E-state index is 0.196. The number of hydrogen-bond acceptors (Lipinski definition) is 4. The van der Waals surface area contributed by atoms with Gasteiger partial charge in [0.2, 0.25) is 5.91 Å². The van der Waals surface area contributed by atoms with Crippen molar-refractivity contribution in [3.8, 4) is 11.3 Å². The molecule has 0 aliphatic carbocycles. The van der Waals surface area contributed by atoms with Crippen LogP contribution in [0.5, 0.6) is 0 Å². The van der Waals surface area contributed by atoms with Gasteiger partial charge in [-0.15, -0.1) is 11.3 Å². The van der Waals surface area contributed by atoms with Gasteiger partial charge in [0.05, 0.1) is 5.69 Å². The molecule has 0 radical (unpaired) electrons. The van der Waals surface area contributed by atoms with Gasteiger partial charge in [-0.2, -0.15) is 0 Å². The van der Waals surface area contributed by atoms with Crippen molar-refractivity contribution < 1.29 is 9.59 Å². The van der Waals surface area contributed by atoms with Crippen LogP contribution < -0.4 is 10.6 Å². The maximum atomic E-state index is 12.6. The van der Waals surface area contributed by atoms with Crippen molar-refractivity contribution >= 4 is 39.6 Å². The van der Waals surface area contributed by atoms with Gasteiger partial charge in [0, 0.05) is 28.1 Å². The third-order valence-electron chi connectivity index (χ3n) is 4.84. The van der Waals surface area contributed by atoms with E-state index in [-0.39, 0.29) is 11.8 Å². The van der Waals surface area contributed by atoms with Gasteiger partial charge < -0.3 is 10.6 Å². The molecule has 4 rings (SSSR count). The van der Waals surface area contributed by atoms with Gasteiger partial charge in [-0.05, 0) is 53.6 Å². The molecule has 0 saturated heterocycles. The van der Waals surface area contributed by atoms with Crippen LogP contribution in [0.15, 0.2) is 84.8 Å². The summed E-state index contributed by atoms with van der Waals surface area (Å²) in [5, 5.41) is 9.68. The molecule has 0 aliphatic rings. The van der Waals surface area contributed by atoms with Crippen LogP contribution in [0.25, 0.3) is 22.0 Å². The number of fused-ring (bicyclic) bond motifs is 1. The van der Waals surface area contributed by atoms with Gasteiger partial charge in [-0.25, -0.2) is 4.98 Å².